The van der Waals surface area contributed by atoms with E-state index in [1.807, 2.05) is 21.1 Å². The van der Waals surface area contributed by atoms with Gasteiger partial charge in [0.25, 0.3) is 0 Å². The van der Waals surface area contributed by atoms with Gasteiger partial charge in [0.15, 0.2) is 0 Å². The average Bonchev–Trinajstić information content (AvgIpc) is 3.23. The summed E-state index contributed by atoms with van der Waals surface area (Å²) in [4.78, 5) is 23.3. The van der Waals surface area contributed by atoms with Gasteiger partial charge in [-0.1, -0.05) is 251 Å². The van der Waals surface area contributed by atoms with E-state index in [0.29, 0.717) is 23.9 Å². The molecule has 10 heteroatoms. The summed E-state index contributed by atoms with van der Waals surface area (Å²) in [5.74, 6) is -0.252. The molecule has 0 radical (unpaired) electrons. The molecule has 0 saturated carbocycles. The predicted molar refractivity (Wildman–Crippen MR) is 265 cm³/mol. The Morgan fingerprint density at radius 1 is 0.500 bits per heavy atom. The first-order valence-corrected chi connectivity index (χ1v) is 28.5. The van der Waals surface area contributed by atoms with Crippen LogP contribution in [0.4, 0.5) is 0 Å². The van der Waals surface area contributed by atoms with Gasteiger partial charge >= 0.3 is 7.82 Å². The van der Waals surface area contributed by atoms with Gasteiger partial charge in [-0.3, -0.25) is 13.8 Å². The summed E-state index contributed by atoms with van der Waals surface area (Å²) in [6, 6.07) is -1.03. The molecule has 1 amide bonds. The molecule has 4 unspecified atom stereocenters. The van der Waals surface area contributed by atoms with Gasteiger partial charge in [-0.2, -0.15) is 0 Å². The Bertz CT molecular complexity index is 997. The molecule has 0 aromatic heterocycles. The molecule has 4 N–H and O–H groups in total. The van der Waals surface area contributed by atoms with E-state index in [4.69, 9.17) is 9.05 Å². The molecule has 0 bridgehead atoms. The van der Waals surface area contributed by atoms with Crippen LogP contribution in [0.5, 0.6) is 0 Å². The first-order valence-electron chi connectivity index (χ1n) is 27.0. The van der Waals surface area contributed by atoms with Crippen molar-refractivity contribution in [3.63, 3.8) is 0 Å². The molecule has 372 valence electrons. The number of aliphatic hydroxyl groups is 2. The quantitative estimate of drug-likeness (QED) is 0.0272. The fourth-order valence-corrected chi connectivity index (χ4v) is 9.12. The summed E-state index contributed by atoms with van der Waals surface area (Å²) in [6.07, 6.45) is 47.5. The zero-order valence-electron chi connectivity index (χ0n) is 42.0. The third-order valence-corrected chi connectivity index (χ3v) is 13.7. The van der Waals surface area contributed by atoms with Gasteiger partial charge < -0.3 is 24.9 Å². The third-order valence-electron chi connectivity index (χ3n) is 12.7. The largest absolute Gasteiger partial charge is 0.472 e. The molecule has 0 aromatic carbocycles. The van der Waals surface area contributed by atoms with Crippen molar-refractivity contribution >= 4 is 13.7 Å². The van der Waals surface area contributed by atoms with Crippen LogP contribution in [-0.2, 0) is 18.4 Å². The second-order valence-electron chi connectivity index (χ2n) is 20.1. The number of hydrogen-bond donors (Lipinski definition) is 4. The van der Waals surface area contributed by atoms with Crippen LogP contribution in [0.2, 0.25) is 0 Å². The van der Waals surface area contributed by atoms with Crippen molar-refractivity contribution in [2.45, 2.75) is 289 Å². The minimum absolute atomic E-state index is 0.0258. The Balaban J connectivity index is 4.17. The van der Waals surface area contributed by atoms with Gasteiger partial charge in [-0.05, 0) is 12.8 Å². The molecule has 0 aliphatic carbocycles. The summed E-state index contributed by atoms with van der Waals surface area (Å²) in [5, 5.41) is 24.8. The van der Waals surface area contributed by atoms with Crippen LogP contribution >= 0.6 is 7.82 Å². The maximum Gasteiger partial charge on any atom is 0.472 e. The second-order valence-corrected chi connectivity index (χ2v) is 21.6. The number of phosphoric ester groups is 1. The van der Waals surface area contributed by atoms with Gasteiger partial charge in [0.05, 0.1) is 39.9 Å². The number of quaternary nitrogens is 1. The molecule has 0 fully saturated rings. The number of hydrogen-bond acceptors (Lipinski definition) is 6. The molecule has 62 heavy (non-hydrogen) atoms. The van der Waals surface area contributed by atoms with Gasteiger partial charge in [-0.25, -0.2) is 4.57 Å². The standard InChI is InChI=1S/C52H107N2O7P/c1-6-8-10-12-14-16-18-20-21-22-23-24-25-26-27-28-29-30-31-32-33-35-37-39-41-43-45-51(56)53-49(48-61-62(58,59)60-47-46-54(3,4)5)52(57)50(55)44-42-40-38-36-34-19-17-15-13-11-9-7-2/h49-50,52,55,57H,6-48H2,1-5H3,(H-,53,56,58,59)/p+1. The van der Waals surface area contributed by atoms with Gasteiger partial charge in [0, 0.05) is 6.42 Å². The number of likely N-dealkylation sites (N-methyl/N-ethyl adjacent to an activating group) is 1. The molecule has 4 atom stereocenters. The van der Waals surface area contributed by atoms with Gasteiger partial charge in [0.2, 0.25) is 5.91 Å². The van der Waals surface area contributed by atoms with Gasteiger partial charge in [0.1, 0.15) is 19.3 Å². The van der Waals surface area contributed by atoms with Crippen LogP contribution < -0.4 is 5.32 Å². The van der Waals surface area contributed by atoms with Crippen LogP contribution in [0.1, 0.15) is 271 Å². The normalized spacial score (nSPS) is 14.5. The first kappa shape index (κ1) is 61.5. The Morgan fingerprint density at radius 2 is 0.806 bits per heavy atom. The van der Waals surface area contributed by atoms with E-state index in [1.54, 1.807) is 0 Å². The predicted octanol–water partition coefficient (Wildman–Crippen LogP) is 14.7. The maximum atomic E-state index is 13.0. The summed E-state index contributed by atoms with van der Waals surface area (Å²) in [7, 11) is 1.45. The Hall–Kier alpha value is -0.540. The highest BCUT2D eigenvalue weighted by molar-refractivity contribution is 7.47. The fourth-order valence-electron chi connectivity index (χ4n) is 8.38. The lowest BCUT2D eigenvalue weighted by atomic mass is 9.99. The second kappa shape index (κ2) is 44.3. The van der Waals surface area contributed by atoms with E-state index in [9.17, 15) is 24.5 Å². The van der Waals surface area contributed by atoms with Crippen LogP contribution in [0.15, 0.2) is 0 Å². The SMILES string of the molecule is CCCCCCCCCCCCCCCCCCCCCCCCCCCCC(=O)NC(COP(=O)(O)OCC[N+](C)(C)C)C(O)C(O)CCCCCCCCCCCCCC. The first-order chi connectivity index (χ1) is 29.9. The third kappa shape index (κ3) is 44.7. The van der Waals surface area contributed by atoms with Crippen molar-refractivity contribution in [1.29, 1.82) is 0 Å². The van der Waals surface area contributed by atoms with Crippen LogP contribution in [0, 0.1) is 0 Å². The van der Waals surface area contributed by atoms with E-state index < -0.39 is 32.7 Å². The summed E-state index contributed by atoms with van der Waals surface area (Å²) < 4.78 is 23.6. The number of nitrogens with zero attached hydrogens (tertiary/aromatic N) is 1. The summed E-state index contributed by atoms with van der Waals surface area (Å²) in [6.45, 7) is 4.64. The fraction of sp³-hybridized carbons (Fsp3) is 0.981. The van der Waals surface area contributed by atoms with Crippen LogP contribution in [0.3, 0.4) is 0 Å². The van der Waals surface area contributed by atoms with Crippen molar-refractivity contribution in [1.82, 2.24) is 5.32 Å². The highest BCUT2D eigenvalue weighted by Gasteiger charge is 2.32. The molecular formula is C52H108N2O7P+. The molecule has 0 saturated heterocycles. The number of aliphatic hydroxyl groups excluding tert-OH is 2. The van der Waals surface area contributed by atoms with Gasteiger partial charge in [-0.15, -0.1) is 0 Å². The van der Waals surface area contributed by atoms with Crippen molar-refractivity contribution < 1.29 is 38.0 Å². The molecular weight excluding hydrogens is 796 g/mol. The molecule has 0 aliphatic heterocycles. The number of nitrogens with one attached hydrogen (secondary N) is 1. The monoisotopic (exact) mass is 904 g/mol. The van der Waals surface area contributed by atoms with Crippen LogP contribution in [-0.4, -0.2) is 84.6 Å². The summed E-state index contributed by atoms with van der Waals surface area (Å²) in [5.41, 5.74) is 0. The van der Waals surface area contributed by atoms with E-state index in [0.717, 1.165) is 38.5 Å². The number of carbonyl (C=O) groups excluding carboxylic acids is 1. The minimum atomic E-state index is -4.41. The number of phosphoric acid groups is 1. The van der Waals surface area contributed by atoms with Crippen molar-refractivity contribution in [2.24, 2.45) is 0 Å². The Labute approximate surface area is 385 Å². The lowest BCUT2D eigenvalue weighted by Gasteiger charge is -2.28. The van der Waals surface area contributed by atoms with E-state index in [2.05, 4.69) is 19.2 Å². The zero-order valence-corrected chi connectivity index (χ0v) is 42.9. The van der Waals surface area contributed by atoms with E-state index >= 15 is 0 Å². The Kier molecular flexibility index (Phi) is 43.9. The maximum absolute atomic E-state index is 13.0. The number of carbonyl (C=O) groups is 1. The smallest absolute Gasteiger partial charge is 0.390 e. The number of rotatable bonds is 50. The topological polar surface area (TPSA) is 125 Å². The molecule has 0 rings (SSSR count). The lowest BCUT2D eigenvalue weighted by Crippen LogP contribution is -2.51. The highest BCUT2D eigenvalue weighted by atomic mass is 31.2. The van der Waals surface area contributed by atoms with E-state index in [1.165, 1.54) is 205 Å². The molecule has 0 spiro atoms. The highest BCUT2D eigenvalue weighted by Crippen LogP contribution is 2.43. The Morgan fingerprint density at radius 3 is 1.13 bits per heavy atom. The van der Waals surface area contributed by atoms with Crippen molar-refractivity contribution in [2.75, 3.05) is 40.9 Å². The molecule has 9 nitrogen and oxygen atoms in total. The lowest BCUT2D eigenvalue weighted by molar-refractivity contribution is -0.870. The van der Waals surface area contributed by atoms with E-state index in [-0.39, 0.29) is 12.5 Å². The van der Waals surface area contributed by atoms with Crippen molar-refractivity contribution in [3.8, 4) is 0 Å². The molecule has 0 aliphatic rings. The van der Waals surface area contributed by atoms with Crippen molar-refractivity contribution in [3.05, 3.63) is 0 Å². The van der Waals surface area contributed by atoms with Crippen LogP contribution in [0.25, 0.3) is 0 Å². The number of unbranched alkanes of at least 4 members (excludes halogenated alkanes) is 36. The minimum Gasteiger partial charge on any atom is -0.390 e. The molecule has 0 aromatic rings. The summed E-state index contributed by atoms with van der Waals surface area (Å²) >= 11 is 0. The zero-order chi connectivity index (χ0) is 45.8. The average molecular weight is 904 g/mol. The number of amides is 1. The molecule has 0 heterocycles.